The maximum absolute atomic E-state index is 11.5. The highest BCUT2D eigenvalue weighted by atomic mass is 16.5. The summed E-state index contributed by atoms with van der Waals surface area (Å²) in [5.74, 6) is 0.983. The summed E-state index contributed by atoms with van der Waals surface area (Å²) in [5.41, 5.74) is 1.98. The molecule has 5 nitrogen and oxygen atoms in total. The Hall–Kier alpha value is -3.08. The molecule has 0 spiro atoms. The van der Waals surface area contributed by atoms with Gasteiger partial charge in [-0.1, -0.05) is 30.3 Å². The molecule has 0 atom stereocenters. The first-order valence-electron chi connectivity index (χ1n) is 8.54. The average molecular weight is 352 g/mol. The number of rotatable bonds is 8. The van der Waals surface area contributed by atoms with Crippen molar-refractivity contribution in [3.63, 3.8) is 0 Å². The average Bonchev–Trinajstić information content (AvgIpc) is 3.10. The van der Waals surface area contributed by atoms with Crippen molar-refractivity contribution in [3.05, 3.63) is 65.4 Å². The quantitative estimate of drug-likeness (QED) is 0.446. The van der Waals surface area contributed by atoms with Gasteiger partial charge in [-0.3, -0.25) is 9.59 Å². The van der Waals surface area contributed by atoms with Crippen LogP contribution in [0.3, 0.4) is 0 Å². The predicted octanol–water partition coefficient (Wildman–Crippen LogP) is 4.32. The van der Waals surface area contributed by atoms with Crippen molar-refractivity contribution in [2.75, 3.05) is 6.61 Å². The van der Waals surface area contributed by atoms with Gasteiger partial charge in [-0.2, -0.15) is 0 Å². The van der Waals surface area contributed by atoms with Crippen molar-refractivity contribution >= 4 is 23.2 Å². The molecule has 1 heterocycles. The lowest BCUT2D eigenvalue weighted by molar-refractivity contribution is -0.143. The summed E-state index contributed by atoms with van der Waals surface area (Å²) >= 11 is 0. The van der Waals surface area contributed by atoms with Gasteiger partial charge >= 0.3 is 5.97 Å². The highest BCUT2D eigenvalue weighted by Crippen LogP contribution is 2.32. The summed E-state index contributed by atoms with van der Waals surface area (Å²) in [5, 5.41) is 0.726. The number of benzene rings is 2. The molecule has 0 aliphatic heterocycles. The molecule has 0 unspecified atom stereocenters. The second-order valence-corrected chi connectivity index (χ2v) is 5.81. The van der Waals surface area contributed by atoms with Crippen LogP contribution >= 0.6 is 0 Å². The van der Waals surface area contributed by atoms with Crippen LogP contribution in [0.1, 0.15) is 35.0 Å². The van der Waals surface area contributed by atoms with E-state index < -0.39 is 0 Å². The fourth-order valence-electron chi connectivity index (χ4n) is 2.71. The van der Waals surface area contributed by atoms with Crippen LogP contribution in [-0.4, -0.2) is 18.9 Å². The summed E-state index contributed by atoms with van der Waals surface area (Å²) < 4.78 is 16.6. The number of fused-ring (bicyclic) bond motifs is 1. The van der Waals surface area contributed by atoms with Crippen molar-refractivity contribution in [1.29, 1.82) is 0 Å². The van der Waals surface area contributed by atoms with E-state index in [4.69, 9.17) is 13.9 Å². The molecular formula is C21H20O5. The van der Waals surface area contributed by atoms with Crippen LogP contribution in [0.15, 0.2) is 52.9 Å². The standard InChI is InChI=1S/C21H20O5/c1-2-24-20(23)11-9-17-12-18-19(10-8-16(13-22)21(18)26-17)25-14-15-6-4-3-5-7-15/h3-8,10,12-13H,2,9,11,14H2,1H3. The number of ether oxygens (including phenoxy) is 2. The molecule has 2 aromatic carbocycles. The molecule has 0 radical (unpaired) electrons. The minimum atomic E-state index is -0.274. The second kappa shape index (κ2) is 8.34. The number of furan rings is 1. The second-order valence-electron chi connectivity index (χ2n) is 5.81. The van der Waals surface area contributed by atoms with Crippen molar-refractivity contribution in [2.24, 2.45) is 0 Å². The Bertz CT molecular complexity index is 895. The van der Waals surface area contributed by atoms with E-state index in [-0.39, 0.29) is 12.4 Å². The van der Waals surface area contributed by atoms with Gasteiger partial charge in [0.05, 0.1) is 24.0 Å². The van der Waals surface area contributed by atoms with Crippen LogP contribution in [0.25, 0.3) is 11.0 Å². The maximum atomic E-state index is 11.5. The Morgan fingerprint density at radius 3 is 2.69 bits per heavy atom. The van der Waals surface area contributed by atoms with Crippen molar-refractivity contribution < 1.29 is 23.5 Å². The number of aldehydes is 1. The van der Waals surface area contributed by atoms with Gasteiger partial charge in [-0.05, 0) is 30.7 Å². The van der Waals surface area contributed by atoms with Crippen LogP contribution in [-0.2, 0) is 22.6 Å². The first kappa shape index (κ1) is 17.7. The summed E-state index contributed by atoms with van der Waals surface area (Å²) in [7, 11) is 0. The summed E-state index contributed by atoms with van der Waals surface area (Å²) in [6, 6.07) is 15.1. The van der Waals surface area contributed by atoms with Gasteiger partial charge in [0.25, 0.3) is 0 Å². The first-order valence-corrected chi connectivity index (χ1v) is 8.54. The Morgan fingerprint density at radius 2 is 1.96 bits per heavy atom. The fourth-order valence-corrected chi connectivity index (χ4v) is 2.71. The van der Waals surface area contributed by atoms with Gasteiger partial charge in [0.2, 0.25) is 0 Å². The van der Waals surface area contributed by atoms with Crippen LogP contribution in [0.5, 0.6) is 5.75 Å². The fraction of sp³-hybridized carbons (Fsp3) is 0.238. The molecule has 5 heteroatoms. The lowest BCUT2D eigenvalue weighted by Crippen LogP contribution is -2.04. The third-order valence-corrected chi connectivity index (χ3v) is 3.97. The largest absolute Gasteiger partial charge is 0.488 e. The maximum Gasteiger partial charge on any atom is 0.306 e. The molecule has 0 fully saturated rings. The minimum absolute atomic E-state index is 0.226. The SMILES string of the molecule is CCOC(=O)CCc1cc2c(OCc3ccccc3)ccc(C=O)c2o1. The molecule has 0 aliphatic carbocycles. The van der Waals surface area contributed by atoms with Crippen LogP contribution < -0.4 is 4.74 Å². The normalized spacial score (nSPS) is 10.7. The van der Waals surface area contributed by atoms with E-state index in [0.29, 0.717) is 42.3 Å². The molecule has 0 N–H and O–H groups in total. The van der Waals surface area contributed by atoms with E-state index in [1.165, 1.54) is 0 Å². The Labute approximate surface area is 151 Å². The molecule has 0 aliphatic rings. The molecule has 1 aromatic heterocycles. The van der Waals surface area contributed by atoms with Gasteiger partial charge < -0.3 is 13.9 Å². The Morgan fingerprint density at radius 1 is 1.15 bits per heavy atom. The molecule has 0 bridgehead atoms. The molecule has 0 saturated carbocycles. The van der Waals surface area contributed by atoms with E-state index in [1.54, 1.807) is 19.1 Å². The number of hydrogen-bond acceptors (Lipinski definition) is 5. The summed E-state index contributed by atoms with van der Waals surface area (Å²) in [6.07, 6.45) is 1.39. The number of esters is 1. The van der Waals surface area contributed by atoms with E-state index in [2.05, 4.69) is 0 Å². The topological polar surface area (TPSA) is 65.7 Å². The van der Waals surface area contributed by atoms with Crippen molar-refractivity contribution in [1.82, 2.24) is 0 Å². The van der Waals surface area contributed by atoms with Crippen LogP contribution in [0.4, 0.5) is 0 Å². The van der Waals surface area contributed by atoms with Crippen LogP contribution in [0, 0.1) is 0 Å². The highest BCUT2D eigenvalue weighted by molar-refractivity contribution is 5.98. The first-order chi connectivity index (χ1) is 12.7. The molecule has 134 valence electrons. The number of carbonyl (C=O) groups is 2. The Balaban J connectivity index is 1.82. The van der Waals surface area contributed by atoms with E-state index in [1.807, 2.05) is 36.4 Å². The lowest BCUT2D eigenvalue weighted by Gasteiger charge is -2.07. The smallest absolute Gasteiger partial charge is 0.306 e. The molecule has 3 aromatic rings. The molecular weight excluding hydrogens is 332 g/mol. The predicted molar refractivity (Wildman–Crippen MR) is 97.3 cm³/mol. The summed E-state index contributed by atoms with van der Waals surface area (Å²) in [4.78, 5) is 22.8. The van der Waals surface area contributed by atoms with Gasteiger partial charge in [0, 0.05) is 6.42 Å². The molecule has 0 saturated heterocycles. The van der Waals surface area contributed by atoms with E-state index in [9.17, 15) is 9.59 Å². The number of carbonyl (C=O) groups excluding carboxylic acids is 2. The zero-order valence-corrected chi connectivity index (χ0v) is 14.6. The monoisotopic (exact) mass is 352 g/mol. The summed E-state index contributed by atoms with van der Waals surface area (Å²) in [6.45, 7) is 2.54. The number of aryl methyl sites for hydroxylation is 1. The lowest BCUT2D eigenvalue weighted by atomic mass is 10.1. The van der Waals surface area contributed by atoms with E-state index >= 15 is 0 Å². The van der Waals surface area contributed by atoms with Gasteiger partial charge in [-0.15, -0.1) is 0 Å². The van der Waals surface area contributed by atoms with Crippen LogP contribution in [0.2, 0.25) is 0 Å². The zero-order valence-electron chi connectivity index (χ0n) is 14.6. The zero-order chi connectivity index (χ0) is 18.4. The molecule has 0 amide bonds. The third kappa shape index (κ3) is 4.11. The third-order valence-electron chi connectivity index (χ3n) is 3.97. The number of hydrogen-bond donors (Lipinski definition) is 0. The highest BCUT2D eigenvalue weighted by Gasteiger charge is 2.14. The van der Waals surface area contributed by atoms with E-state index in [0.717, 1.165) is 17.2 Å². The van der Waals surface area contributed by atoms with Gasteiger partial charge in [-0.25, -0.2) is 0 Å². The van der Waals surface area contributed by atoms with Gasteiger partial charge in [0.15, 0.2) is 6.29 Å². The van der Waals surface area contributed by atoms with Gasteiger partial charge in [0.1, 0.15) is 23.7 Å². The van der Waals surface area contributed by atoms with Crippen molar-refractivity contribution in [2.45, 2.75) is 26.4 Å². The minimum Gasteiger partial charge on any atom is -0.488 e. The molecule has 26 heavy (non-hydrogen) atoms. The van der Waals surface area contributed by atoms with Crippen molar-refractivity contribution in [3.8, 4) is 5.75 Å². The molecule has 3 rings (SSSR count). The Kier molecular flexibility index (Phi) is 5.69.